The molecule has 0 saturated carbocycles. The van der Waals surface area contributed by atoms with E-state index in [9.17, 15) is 18.3 Å². The molecule has 6 heteroatoms. The van der Waals surface area contributed by atoms with Crippen molar-refractivity contribution in [1.82, 2.24) is 5.32 Å². The second-order valence-corrected chi connectivity index (χ2v) is 4.93. The Labute approximate surface area is 116 Å². The molecule has 1 rings (SSSR count). The molecule has 0 saturated heterocycles. The van der Waals surface area contributed by atoms with E-state index in [0.29, 0.717) is 6.54 Å². The van der Waals surface area contributed by atoms with Crippen LogP contribution in [0.25, 0.3) is 0 Å². The van der Waals surface area contributed by atoms with Crippen LogP contribution in [-0.2, 0) is 6.18 Å². The molecule has 0 aliphatic carbocycles. The summed E-state index contributed by atoms with van der Waals surface area (Å²) in [5.74, 6) is -0.224. The number of nitrogens with one attached hydrogen (secondary N) is 1. The van der Waals surface area contributed by atoms with E-state index in [2.05, 4.69) is 5.32 Å². The van der Waals surface area contributed by atoms with Crippen molar-refractivity contribution in [3.8, 4) is 5.75 Å². The van der Waals surface area contributed by atoms with Gasteiger partial charge in [0, 0.05) is 0 Å². The Bertz CT molecular complexity index is 423. The second-order valence-electron chi connectivity index (χ2n) is 4.93. The van der Waals surface area contributed by atoms with Crippen LogP contribution in [0.15, 0.2) is 24.3 Å². The minimum Gasteiger partial charge on any atom is -0.491 e. The predicted molar refractivity (Wildman–Crippen MR) is 70.7 cm³/mol. The number of aliphatic hydroxyl groups excluding tert-OH is 1. The average molecular weight is 291 g/mol. The molecule has 1 aromatic carbocycles. The Kier molecular flexibility index (Phi) is 5.83. The van der Waals surface area contributed by atoms with E-state index in [1.54, 1.807) is 6.92 Å². The summed E-state index contributed by atoms with van der Waals surface area (Å²) in [6, 6.07) is 5.06. The number of benzene rings is 1. The van der Waals surface area contributed by atoms with Crippen LogP contribution in [0.4, 0.5) is 13.2 Å². The quantitative estimate of drug-likeness (QED) is 0.811. The van der Waals surface area contributed by atoms with Crippen LogP contribution in [0, 0.1) is 0 Å². The van der Waals surface area contributed by atoms with Gasteiger partial charge in [-0.25, -0.2) is 0 Å². The lowest BCUT2D eigenvalue weighted by Crippen LogP contribution is -2.50. The fourth-order valence-corrected chi connectivity index (χ4v) is 1.64. The summed E-state index contributed by atoms with van der Waals surface area (Å²) in [6.45, 7) is 4.06. The molecule has 0 heterocycles. The molecule has 1 unspecified atom stereocenters. The van der Waals surface area contributed by atoms with E-state index in [1.807, 2.05) is 6.92 Å². The van der Waals surface area contributed by atoms with Crippen LogP contribution in [0.3, 0.4) is 0 Å². The molecule has 0 radical (unpaired) electrons. The first-order valence-electron chi connectivity index (χ1n) is 6.47. The highest BCUT2D eigenvalue weighted by molar-refractivity contribution is 5.35. The zero-order valence-electron chi connectivity index (χ0n) is 11.6. The molecule has 0 bridgehead atoms. The average Bonchev–Trinajstić information content (AvgIpc) is 2.42. The highest BCUT2D eigenvalue weighted by Crippen LogP contribution is 2.36. The smallest absolute Gasteiger partial charge is 0.419 e. The number of hydrogen-bond acceptors (Lipinski definition) is 3. The van der Waals surface area contributed by atoms with Gasteiger partial charge in [-0.1, -0.05) is 19.1 Å². The Morgan fingerprint density at radius 1 is 1.25 bits per heavy atom. The van der Waals surface area contributed by atoms with Crippen molar-refractivity contribution in [1.29, 1.82) is 0 Å². The molecule has 0 amide bonds. The minimum atomic E-state index is -4.46. The number of hydrogen-bond donors (Lipinski definition) is 2. The first kappa shape index (κ1) is 16.8. The van der Waals surface area contributed by atoms with Gasteiger partial charge in [0.15, 0.2) is 0 Å². The highest BCUT2D eigenvalue weighted by Gasteiger charge is 2.34. The molecule has 0 aromatic heterocycles. The molecule has 0 spiro atoms. The predicted octanol–water partition coefficient (Wildman–Crippen LogP) is 2.83. The van der Waals surface area contributed by atoms with Crippen molar-refractivity contribution in [2.24, 2.45) is 0 Å². The van der Waals surface area contributed by atoms with Gasteiger partial charge in [0.25, 0.3) is 0 Å². The van der Waals surface area contributed by atoms with Gasteiger partial charge >= 0.3 is 6.18 Å². The third-order valence-corrected chi connectivity index (χ3v) is 2.89. The normalized spacial score (nSPS) is 14.9. The standard InChI is InChI=1S/C14H20F3NO2/c1-3-8-18-13(2,9-19)10-20-12-7-5-4-6-11(12)14(15,16)17/h4-7,18-19H,3,8-10H2,1-2H3. The van der Waals surface area contributed by atoms with Gasteiger partial charge in [-0.3, -0.25) is 0 Å². The largest absolute Gasteiger partial charge is 0.491 e. The van der Waals surface area contributed by atoms with Gasteiger partial charge in [0.1, 0.15) is 12.4 Å². The number of halogens is 3. The number of rotatable bonds is 7. The lowest BCUT2D eigenvalue weighted by Gasteiger charge is -2.29. The first-order valence-corrected chi connectivity index (χ1v) is 6.47. The van der Waals surface area contributed by atoms with Gasteiger partial charge in [-0.05, 0) is 32.0 Å². The number of para-hydroxylation sites is 1. The molecule has 2 N–H and O–H groups in total. The second kappa shape index (κ2) is 6.95. The van der Waals surface area contributed by atoms with E-state index in [1.165, 1.54) is 18.2 Å². The maximum absolute atomic E-state index is 12.8. The molecule has 0 aliphatic heterocycles. The molecule has 3 nitrogen and oxygen atoms in total. The molecule has 114 valence electrons. The van der Waals surface area contributed by atoms with E-state index >= 15 is 0 Å². The zero-order chi connectivity index (χ0) is 15.2. The molecular formula is C14H20F3NO2. The number of alkyl halides is 3. The summed E-state index contributed by atoms with van der Waals surface area (Å²) < 4.78 is 43.7. The highest BCUT2D eigenvalue weighted by atomic mass is 19.4. The Hall–Kier alpha value is -1.27. The van der Waals surface area contributed by atoms with Gasteiger partial charge in [-0.2, -0.15) is 13.2 Å². The zero-order valence-corrected chi connectivity index (χ0v) is 11.6. The SMILES string of the molecule is CCCNC(C)(CO)COc1ccccc1C(F)(F)F. The molecule has 0 fully saturated rings. The summed E-state index contributed by atoms with van der Waals surface area (Å²) in [5.41, 5.74) is -1.58. The maximum Gasteiger partial charge on any atom is 0.419 e. The Morgan fingerprint density at radius 2 is 1.90 bits per heavy atom. The molecular weight excluding hydrogens is 271 g/mol. The van der Waals surface area contributed by atoms with Crippen LogP contribution in [0.5, 0.6) is 5.75 Å². The summed E-state index contributed by atoms with van der Waals surface area (Å²) in [4.78, 5) is 0. The lowest BCUT2D eigenvalue weighted by atomic mass is 10.1. The van der Waals surface area contributed by atoms with Crippen molar-refractivity contribution in [2.75, 3.05) is 19.8 Å². The third kappa shape index (κ3) is 4.68. The summed E-state index contributed by atoms with van der Waals surface area (Å²) >= 11 is 0. The Balaban J connectivity index is 2.79. The maximum atomic E-state index is 12.8. The third-order valence-electron chi connectivity index (χ3n) is 2.89. The molecule has 20 heavy (non-hydrogen) atoms. The lowest BCUT2D eigenvalue weighted by molar-refractivity contribution is -0.139. The monoisotopic (exact) mass is 291 g/mol. The van der Waals surface area contributed by atoms with Crippen LogP contribution in [-0.4, -0.2) is 30.4 Å². The van der Waals surface area contributed by atoms with Crippen LogP contribution in [0.1, 0.15) is 25.8 Å². The first-order chi connectivity index (χ1) is 9.32. The molecule has 1 aromatic rings. The van der Waals surface area contributed by atoms with E-state index in [-0.39, 0.29) is 19.0 Å². The summed E-state index contributed by atoms with van der Waals surface area (Å²) in [5, 5.41) is 12.4. The fraction of sp³-hybridized carbons (Fsp3) is 0.571. The van der Waals surface area contributed by atoms with E-state index in [4.69, 9.17) is 4.74 Å². The van der Waals surface area contributed by atoms with E-state index < -0.39 is 17.3 Å². The summed E-state index contributed by atoms with van der Waals surface area (Å²) in [6.07, 6.45) is -3.60. The number of ether oxygens (including phenoxy) is 1. The number of aliphatic hydroxyl groups is 1. The van der Waals surface area contributed by atoms with E-state index in [0.717, 1.165) is 12.5 Å². The van der Waals surface area contributed by atoms with Crippen molar-refractivity contribution < 1.29 is 23.0 Å². The van der Waals surface area contributed by atoms with Crippen molar-refractivity contribution in [3.05, 3.63) is 29.8 Å². The van der Waals surface area contributed by atoms with Gasteiger partial charge in [0.05, 0.1) is 17.7 Å². The van der Waals surface area contributed by atoms with Crippen LogP contribution in [0.2, 0.25) is 0 Å². The Morgan fingerprint density at radius 3 is 2.45 bits per heavy atom. The van der Waals surface area contributed by atoms with Gasteiger partial charge in [-0.15, -0.1) is 0 Å². The molecule has 1 atom stereocenters. The summed E-state index contributed by atoms with van der Waals surface area (Å²) in [7, 11) is 0. The van der Waals surface area contributed by atoms with Crippen LogP contribution >= 0.6 is 0 Å². The van der Waals surface area contributed by atoms with Gasteiger partial charge in [0.2, 0.25) is 0 Å². The fourth-order valence-electron chi connectivity index (χ4n) is 1.64. The van der Waals surface area contributed by atoms with Crippen molar-refractivity contribution in [2.45, 2.75) is 32.0 Å². The van der Waals surface area contributed by atoms with Crippen LogP contribution < -0.4 is 10.1 Å². The van der Waals surface area contributed by atoms with Gasteiger partial charge < -0.3 is 15.2 Å². The molecule has 0 aliphatic rings. The minimum absolute atomic E-state index is 0.0450. The topological polar surface area (TPSA) is 41.5 Å². The van der Waals surface area contributed by atoms with Crippen molar-refractivity contribution >= 4 is 0 Å². The van der Waals surface area contributed by atoms with Crippen molar-refractivity contribution in [3.63, 3.8) is 0 Å².